The number of hydrogen-bond donors (Lipinski definition) is 2. The summed E-state index contributed by atoms with van der Waals surface area (Å²) in [5.41, 5.74) is 0. The first-order chi connectivity index (χ1) is 8.83. The third-order valence-corrected chi connectivity index (χ3v) is 5.64. The summed E-state index contributed by atoms with van der Waals surface area (Å²) >= 11 is 0. The number of rotatable bonds is 3. The van der Waals surface area contributed by atoms with Crippen LogP contribution in [0, 0.1) is 11.8 Å². The van der Waals surface area contributed by atoms with E-state index in [-0.39, 0.29) is 6.10 Å². The SMILES string of the molecule is OC1CC(NC2CCCCC2C2CCCCC2)C1. The van der Waals surface area contributed by atoms with Crippen LogP contribution in [0.2, 0.25) is 0 Å². The average molecular weight is 251 g/mol. The van der Waals surface area contributed by atoms with Crippen LogP contribution in [0.1, 0.15) is 70.6 Å². The molecule has 0 aromatic rings. The Morgan fingerprint density at radius 3 is 2.17 bits per heavy atom. The van der Waals surface area contributed by atoms with Gasteiger partial charge < -0.3 is 10.4 Å². The average Bonchev–Trinajstić information content (AvgIpc) is 2.39. The molecule has 0 aliphatic heterocycles. The fourth-order valence-corrected chi connectivity index (χ4v) is 4.52. The van der Waals surface area contributed by atoms with Crippen molar-refractivity contribution < 1.29 is 5.11 Å². The Balaban J connectivity index is 1.55. The second kappa shape index (κ2) is 5.92. The Kier molecular flexibility index (Phi) is 4.25. The highest BCUT2D eigenvalue weighted by molar-refractivity contribution is 4.92. The van der Waals surface area contributed by atoms with Gasteiger partial charge in [0.15, 0.2) is 0 Å². The summed E-state index contributed by atoms with van der Waals surface area (Å²) in [6, 6.07) is 1.38. The molecule has 0 aromatic heterocycles. The van der Waals surface area contributed by atoms with Gasteiger partial charge in [-0.05, 0) is 37.5 Å². The molecule has 3 aliphatic rings. The minimum atomic E-state index is -0.0146. The molecule has 3 saturated carbocycles. The first kappa shape index (κ1) is 12.9. The van der Waals surface area contributed by atoms with Crippen LogP contribution in [0.4, 0.5) is 0 Å². The van der Waals surface area contributed by atoms with E-state index >= 15 is 0 Å². The van der Waals surface area contributed by atoms with Crippen molar-refractivity contribution in [3.05, 3.63) is 0 Å². The third-order valence-electron chi connectivity index (χ3n) is 5.64. The van der Waals surface area contributed by atoms with Crippen molar-refractivity contribution in [3.8, 4) is 0 Å². The van der Waals surface area contributed by atoms with Gasteiger partial charge in [0.25, 0.3) is 0 Å². The van der Waals surface area contributed by atoms with Crippen LogP contribution in [-0.4, -0.2) is 23.3 Å². The Morgan fingerprint density at radius 1 is 0.778 bits per heavy atom. The molecular weight excluding hydrogens is 222 g/mol. The topological polar surface area (TPSA) is 32.3 Å². The second-order valence-corrected chi connectivity index (χ2v) is 6.94. The van der Waals surface area contributed by atoms with E-state index in [4.69, 9.17) is 0 Å². The van der Waals surface area contributed by atoms with Gasteiger partial charge in [-0.15, -0.1) is 0 Å². The first-order valence-electron chi connectivity index (χ1n) is 8.27. The standard InChI is InChI=1S/C16H29NO/c18-14-10-13(11-14)17-16-9-5-4-8-15(16)12-6-2-1-3-7-12/h12-18H,1-11H2. The highest BCUT2D eigenvalue weighted by atomic mass is 16.3. The normalized spacial score (nSPS) is 42.5. The van der Waals surface area contributed by atoms with Crippen LogP contribution in [0.5, 0.6) is 0 Å². The van der Waals surface area contributed by atoms with E-state index in [2.05, 4.69) is 5.32 Å². The second-order valence-electron chi connectivity index (χ2n) is 6.94. The zero-order valence-electron chi connectivity index (χ0n) is 11.6. The van der Waals surface area contributed by atoms with Crippen LogP contribution in [0.15, 0.2) is 0 Å². The summed E-state index contributed by atoms with van der Waals surface area (Å²) in [6.45, 7) is 0. The summed E-state index contributed by atoms with van der Waals surface area (Å²) in [5, 5.41) is 13.3. The lowest BCUT2D eigenvalue weighted by Crippen LogP contribution is -2.52. The van der Waals surface area contributed by atoms with E-state index < -0.39 is 0 Å². The first-order valence-corrected chi connectivity index (χ1v) is 8.27. The maximum absolute atomic E-state index is 9.42. The van der Waals surface area contributed by atoms with Gasteiger partial charge >= 0.3 is 0 Å². The maximum Gasteiger partial charge on any atom is 0.0570 e. The lowest BCUT2D eigenvalue weighted by Gasteiger charge is -2.43. The van der Waals surface area contributed by atoms with Crippen molar-refractivity contribution in [2.24, 2.45) is 11.8 Å². The van der Waals surface area contributed by atoms with Crippen molar-refractivity contribution in [2.45, 2.75) is 88.8 Å². The molecule has 2 atom stereocenters. The quantitative estimate of drug-likeness (QED) is 0.807. The molecule has 2 heteroatoms. The molecule has 0 aromatic carbocycles. The van der Waals surface area contributed by atoms with Gasteiger partial charge in [-0.1, -0.05) is 44.9 Å². The van der Waals surface area contributed by atoms with Crippen LogP contribution >= 0.6 is 0 Å². The summed E-state index contributed by atoms with van der Waals surface area (Å²) in [6.07, 6.45) is 15.0. The molecule has 0 spiro atoms. The molecule has 2 unspecified atom stereocenters. The predicted octanol–water partition coefficient (Wildman–Crippen LogP) is 3.24. The molecule has 0 radical (unpaired) electrons. The number of aliphatic hydroxyl groups excluding tert-OH is 1. The van der Waals surface area contributed by atoms with E-state index in [1.807, 2.05) is 0 Å². The maximum atomic E-state index is 9.42. The largest absolute Gasteiger partial charge is 0.393 e. The Labute approximate surface area is 112 Å². The highest BCUT2D eigenvalue weighted by Gasteiger charge is 2.36. The minimum Gasteiger partial charge on any atom is -0.393 e. The van der Waals surface area contributed by atoms with Crippen molar-refractivity contribution in [3.63, 3.8) is 0 Å². The van der Waals surface area contributed by atoms with E-state index in [0.29, 0.717) is 6.04 Å². The molecule has 0 heterocycles. The minimum absolute atomic E-state index is 0.0146. The fraction of sp³-hybridized carbons (Fsp3) is 1.00. The van der Waals surface area contributed by atoms with Crippen LogP contribution in [-0.2, 0) is 0 Å². The van der Waals surface area contributed by atoms with E-state index in [1.54, 1.807) is 0 Å². The Morgan fingerprint density at radius 2 is 1.44 bits per heavy atom. The summed E-state index contributed by atoms with van der Waals surface area (Å²) in [4.78, 5) is 0. The van der Waals surface area contributed by atoms with Gasteiger partial charge in [0.1, 0.15) is 0 Å². The van der Waals surface area contributed by atoms with Gasteiger partial charge in [0.05, 0.1) is 6.10 Å². The lowest BCUT2D eigenvalue weighted by atomic mass is 9.70. The van der Waals surface area contributed by atoms with Gasteiger partial charge in [0, 0.05) is 12.1 Å². The molecular formula is C16H29NO. The monoisotopic (exact) mass is 251 g/mol. The number of hydrogen-bond acceptors (Lipinski definition) is 2. The smallest absolute Gasteiger partial charge is 0.0570 e. The molecule has 2 nitrogen and oxygen atoms in total. The van der Waals surface area contributed by atoms with Crippen molar-refractivity contribution in [1.82, 2.24) is 5.32 Å². The molecule has 104 valence electrons. The van der Waals surface area contributed by atoms with Gasteiger partial charge in [0.2, 0.25) is 0 Å². The molecule has 0 saturated heterocycles. The lowest BCUT2D eigenvalue weighted by molar-refractivity contribution is 0.0429. The Hall–Kier alpha value is -0.0800. The zero-order chi connectivity index (χ0) is 12.4. The van der Waals surface area contributed by atoms with E-state index in [0.717, 1.165) is 30.7 Å². The van der Waals surface area contributed by atoms with Gasteiger partial charge in [-0.3, -0.25) is 0 Å². The van der Waals surface area contributed by atoms with Gasteiger partial charge in [-0.2, -0.15) is 0 Å². The van der Waals surface area contributed by atoms with Crippen molar-refractivity contribution in [1.29, 1.82) is 0 Å². The van der Waals surface area contributed by atoms with Crippen LogP contribution in [0.25, 0.3) is 0 Å². The fourth-order valence-electron chi connectivity index (χ4n) is 4.52. The van der Waals surface area contributed by atoms with Crippen LogP contribution < -0.4 is 5.32 Å². The highest BCUT2D eigenvalue weighted by Crippen LogP contribution is 2.39. The predicted molar refractivity (Wildman–Crippen MR) is 74.5 cm³/mol. The molecule has 2 N–H and O–H groups in total. The molecule has 3 aliphatic carbocycles. The molecule has 0 amide bonds. The van der Waals surface area contributed by atoms with E-state index in [1.165, 1.54) is 57.8 Å². The van der Waals surface area contributed by atoms with E-state index in [9.17, 15) is 5.11 Å². The summed E-state index contributed by atoms with van der Waals surface area (Å²) in [5.74, 6) is 1.94. The molecule has 18 heavy (non-hydrogen) atoms. The van der Waals surface area contributed by atoms with Crippen molar-refractivity contribution in [2.75, 3.05) is 0 Å². The summed E-state index contributed by atoms with van der Waals surface area (Å²) < 4.78 is 0. The third kappa shape index (κ3) is 2.91. The van der Waals surface area contributed by atoms with Crippen molar-refractivity contribution >= 4 is 0 Å². The van der Waals surface area contributed by atoms with Gasteiger partial charge in [-0.25, -0.2) is 0 Å². The zero-order valence-corrected chi connectivity index (χ0v) is 11.6. The molecule has 0 bridgehead atoms. The van der Waals surface area contributed by atoms with Crippen LogP contribution in [0.3, 0.4) is 0 Å². The number of aliphatic hydroxyl groups is 1. The molecule has 3 fully saturated rings. The Bertz CT molecular complexity index is 256. The molecule has 3 rings (SSSR count). The number of nitrogens with one attached hydrogen (secondary N) is 1. The summed E-state index contributed by atoms with van der Waals surface area (Å²) in [7, 11) is 0.